The van der Waals surface area contributed by atoms with Crippen molar-refractivity contribution in [3.05, 3.63) is 170 Å². The Morgan fingerprint density at radius 3 is 1.78 bits per heavy atom. The SMILES string of the molecule is c1ccc(-n2c3ccc(-c4ccc5c(c4)c4ccccc4n5-c4cccc5ccccc45)cc3c3cc4c(cc32)sc2ccccc24)cc1. The van der Waals surface area contributed by atoms with Gasteiger partial charge in [0.1, 0.15) is 0 Å². The molecule has 2 nitrogen and oxygen atoms in total. The van der Waals surface area contributed by atoms with Crippen LogP contribution in [0, 0.1) is 0 Å². The fraction of sp³-hybridized carbons (Fsp3) is 0. The van der Waals surface area contributed by atoms with Crippen LogP contribution in [-0.4, -0.2) is 9.13 Å². The van der Waals surface area contributed by atoms with Crippen LogP contribution in [0.25, 0.3) is 97.1 Å². The topological polar surface area (TPSA) is 9.86 Å². The van der Waals surface area contributed by atoms with Crippen LogP contribution in [0.15, 0.2) is 170 Å². The zero-order valence-electron chi connectivity index (χ0n) is 26.5. The van der Waals surface area contributed by atoms with Crippen LogP contribution in [0.2, 0.25) is 0 Å². The molecule has 0 aliphatic carbocycles. The van der Waals surface area contributed by atoms with Crippen LogP contribution < -0.4 is 0 Å². The third-order valence-corrected chi connectivity index (χ3v) is 11.4. The molecule has 0 unspecified atom stereocenters. The summed E-state index contributed by atoms with van der Waals surface area (Å²) in [6.45, 7) is 0. The molecular weight excluding hydrogens is 613 g/mol. The van der Waals surface area contributed by atoms with E-state index in [4.69, 9.17) is 0 Å². The predicted molar refractivity (Wildman–Crippen MR) is 211 cm³/mol. The number of para-hydroxylation sites is 2. The smallest absolute Gasteiger partial charge is 0.0555 e. The van der Waals surface area contributed by atoms with Crippen LogP contribution in [0.4, 0.5) is 0 Å². The van der Waals surface area contributed by atoms with Gasteiger partial charge in [-0.05, 0) is 83.2 Å². The van der Waals surface area contributed by atoms with Gasteiger partial charge in [-0.25, -0.2) is 0 Å². The summed E-state index contributed by atoms with van der Waals surface area (Å²) in [6, 6.07) is 62.5. The van der Waals surface area contributed by atoms with E-state index < -0.39 is 0 Å². The van der Waals surface area contributed by atoms with E-state index in [0.717, 1.165) is 0 Å². The van der Waals surface area contributed by atoms with E-state index in [1.807, 2.05) is 11.3 Å². The largest absolute Gasteiger partial charge is 0.309 e. The van der Waals surface area contributed by atoms with Crippen LogP contribution in [0.1, 0.15) is 0 Å². The summed E-state index contributed by atoms with van der Waals surface area (Å²) >= 11 is 1.88. The lowest BCUT2D eigenvalue weighted by atomic mass is 10.00. The van der Waals surface area contributed by atoms with E-state index in [-0.39, 0.29) is 0 Å². The minimum atomic E-state index is 1.18. The molecule has 0 saturated carbocycles. The Kier molecular flexibility index (Phi) is 5.57. The third-order valence-electron chi connectivity index (χ3n) is 10.3. The lowest BCUT2D eigenvalue weighted by molar-refractivity contribution is 1.18. The number of rotatable bonds is 3. The number of thiophene rings is 1. The lowest BCUT2D eigenvalue weighted by Gasteiger charge is -2.12. The number of nitrogens with zero attached hydrogens (tertiary/aromatic N) is 2. The Bertz CT molecular complexity index is 3100. The second-order valence-corrected chi connectivity index (χ2v) is 14.0. The first-order valence-corrected chi connectivity index (χ1v) is 17.6. The Hall–Kier alpha value is -6.16. The Morgan fingerprint density at radius 2 is 0.939 bits per heavy atom. The highest BCUT2D eigenvalue weighted by molar-refractivity contribution is 7.25. The van der Waals surface area contributed by atoms with Crippen molar-refractivity contribution in [3.8, 4) is 22.5 Å². The quantitative estimate of drug-likeness (QED) is 0.182. The maximum Gasteiger partial charge on any atom is 0.0555 e. The normalized spacial score (nSPS) is 12.1. The predicted octanol–water partition coefficient (Wildman–Crippen LogP) is 13.1. The fourth-order valence-corrected chi connectivity index (χ4v) is 9.21. The minimum absolute atomic E-state index is 1.18. The van der Waals surface area contributed by atoms with Gasteiger partial charge in [0.2, 0.25) is 0 Å². The first-order valence-electron chi connectivity index (χ1n) is 16.8. The second kappa shape index (κ2) is 10.2. The monoisotopic (exact) mass is 640 g/mol. The van der Waals surface area contributed by atoms with Gasteiger partial charge in [0.25, 0.3) is 0 Å². The molecule has 3 aromatic heterocycles. The highest BCUT2D eigenvalue weighted by Gasteiger charge is 2.18. The average molecular weight is 641 g/mol. The summed E-state index contributed by atoms with van der Waals surface area (Å²) in [5, 5.41) is 10.2. The standard InChI is InChI=1S/C46H28N2S/c1-2-13-32(14-3-1)47-42-23-21-31(26-37(42)38-27-39-35-17-7-9-20-45(35)49-46(39)28-44(38)47)30-22-24-43-36(25-30)34-16-6-8-18-41(34)48(43)40-19-10-12-29-11-4-5-15-33(29)40/h1-28H. The molecule has 3 heteroatoms. The van der Waals surface area contributed by atoms with Crippen molar-refractivity contribution in [2.75, 3.05) is 0 Å². The van der Waals surface area contributed by atoms with E-state index >= 15 is 0 Å². The van der Waals surface area contributed by atoms with E-state index in [1.54, 1.807) is 0 Å². The lowest BCUT2D eigenvalue weighted by Crippen LogP contribution is -1.95. The number of hydrogen-bond acceptors (Lipinski definition) is 1. The summed E-state index contributed by atoms with van der Waals surface area (Å²) < 4.78 is 7.52. The van der Waals surface area contributed by atoms with Crippen molar-refractivity contribution in [2.45, 2.75) is 0 Å². The van der Waals surface area contributed by atoms with E-state index in [9.17, 15) is 0 Å². The number of fused-ring (bicyclic) bond motifs is 10. The van der Waals surface area contributed by atoms with Crippen molar-refractivity contribution in [2.24, 2.45) is 0 Å². The molecule has 0 fully saturated rings. The third kappa shape index (κ3) is 3.88. The Balaban J connectivity index is 1.17. The van der Waals surface area contributed by atoms with Gasteiger partial charge < -0.3 is 9.13 Å². The van der Waals surface area contributed by atoms with Crippen molar-refractivity contribution in [1.82, 2.24) is 9.13 Å². The summed E-state index contributed by atoms with van der Waals surface area (Å²) in [7, 11) is 0. The molecule has 0 amide bonds. The van der Waals surface area contributed by atoms with Gasteiger partial charge >= 0.3 is 0 Å². The fourth-order valence-electron chi connectivity index (χ4n) is 8.09. The molecule has 228 valence electrons. The molecule has 0 aliphatic heterocycles. The molecule has 0 radical (unpaired) electrons. The summed E-state index contributed by atoms with van der Waals surface area (Å²) in [5.74, 6) is 0. The molecule has 0 atom stereocenters. The van der Waals surface area contributed by atoms with Gasteiger partial charge in [-0.1, -0.05) is 103 Å². The van der Waals surface area contributed by atoms with E-state index in [0.29, 0.717) is 0 Å². The minimum Gasteiger partial charge on any atom is -0.309 e. The summed E-state index contributed by atoms with van der Waals surface area (Å²) in [5.41, 5.74) is 9.73. The Labute approximate surface area is 286 Å². The molecule has 0 bridgehead atoms. The van der Waals surface area contributed by atoms with Gasteiger partial charge in [-0.2, -0.15) is 0 Å². The van der Waals surface area contributed by atoms with Gasteiger partial charge in [0.05, 0.1) is 27.8 Å². The highest BCUT2D eigenvalue weighted by Crippen LogP contribution is 2.42. The molecule has 49 heavy (non-hydrogen) atoms. The highest BCUT2D eigenvalue weighted by atomic mass is 32.1. The van der Waals surface area contributed by atoms with Crippen molar-refractivity contribution < 1.29 is 0 Å². The van der Waals surface area contributed by atoms with Crippen LogP contribution >= 0.6 is 11.3 Å². The number of aromatic nitrogens is 2. The molecule has 0 N–H and O–H groups in total. The van der Waals surface area contributed by atoms with E-state index in [1.165, 1.54) is 97.1 Å². The first-order chi connectivity index (χ1) is 24.3. The maximum absolute atomic E-state index is 2.43. The number of hydrogen-bond donors (Lipinski definition) is 0. The van der Waals surface area contributed by atoms with Gasteiger partial charge in [0.15, 0.2) is 0 Å². The summed E-state index contributed by atoms with van der Waals surface area (Å²) in [4.78, 5) is 0. The van der Waals surface area contributed by atoms with Gasteiger partial charge in [-0.15, -0.1) is 11.3 Å². The second-order valence-electron chi connectivity index (χ2n) is 12.9. The van der Waals surface area contributed by atoms with Crippen LogP contribution in [0.5, 0.6) is 0 Å². The van der Waals surface area contributed by atoms with Crippen molar-refractivity contribution in [3.63, 3.8) is 0 Å². The molecule has 0 aliphatic rings. The molecule has 0 saturated heterocycles. The van der Waals surface area contributed by atoms with Gasteiger partial charge in [0, 0.05) is 52.8 Å². The summed E-state index contributed by atoms with van der Waals surface area (Å²) in [6.07, 6.45) is 0. The molecule has 11 aromatic rings. The molecule has 11 rings (SSSR count). The zero-order valence-corrected chi connectivity index (χ0v) is 27.3. The average Bonchev–Trinajstić information content (AvgIpc) is 3.80. The van der Waals surface area contributed by atoms with Crippen molar-refractivity contribution >= 4 is 85.9 Å². The van der Waals surface area contributed by atoms with Crippen LogP contribution in [0.3, 0.4) is 0 Å². The van der Waals surface area contributed by atoms with E-state index in [2.05, 4.69) is 179 Å². The molecular formula is C46H28N2S. The Morgan fingerprint density at radius 1 is 0.327 bits per heavy atom. The molecule has 8 aromatic carbocycles. The number of benzene rings is 8. The molecule has 0 spiro atoms. The van der Waals surface area contributed by atoms with Gasteiger partial charge in [-0.3, -0.25) is 0 Å². The first kappa shape index (κ1) is 26.9. The van der Waals surface area contributed by atoms with Crippen LogP contribution in [-0.2, 0) is 0 Å². The maximum atomic E-state index is 2.43. The van der Waals surface area contributed by atoms with Crippen molar-refractivity contribution in [1.29, 1.82) is 0 Å². The molecule has 3 heterocycles. The zero-order chi connectivity index (χ0) is 32.1.